The van der Waals surface area contributed by atoms with E-state index in [1.165, 1.54) is 7.05 Å². The minimum atomic E-state index is -4.47. The normalized spacial score (nSPS) is 11.4. The SMILES string of the molecule is CNc1cc(C(F)(F)F)cc(NCC(=O)NCC(C)C)n1. The van der Waals surface area contributed by atoms with Crippen molar-refractivity contribution >= 4 is 17.5 Å². The second-order valence-corrected chi connectivity index (χ2v) is 4.93. The van der Waals surface area contributed by atoms with Gasteiger partial charge in [0.15, 0.2) is 0 Å². The molecule has 0 aliphatic carbocycles. The standard InChI is InChI=1S/C13H19F3N4O/c1-8(2)6-19-12(21)7-18-11-5-9(13(14,15)16)4-10(17-3)20-11/h4-5,8H,6-7H2,1-3H3,(H,19,21)(H2,17,18,20). The molecule has 1 heterocycles. The summed E-state index contributed by atoms with van der Waals surface area (Å²) in [4.78, 5) is 15.4. The van der Waals surface area contributed by atoms with E-state index in [0.717, 1.165) is 12.1 Å². The molecule has 0 saturated carbocycles. The van der Waals surface area contributed by atoms with Gasteiger partial charge < -0.3 is 16.0 Å². The smallest absolute Gasteiger partial charge is 0.373 e. The summed E-state index contributed by atoms with van der Waals surface area (Å²) in [6.45, 7) is 4.27. The van der Waals surface area contributed by atoms with Crippen LogP contribution in [0.2, 0.25) is 0 Å². The van der Waals surface area contributed by atoms with Crippen LogP contribution in [-0.4, -0.2) is 31.0 Å². The molecular formula is C13H19F3N4O. The zero-order valence-corrected chi connectivity index (χ0v) is 12.1. The van der Waals surface area contributed by atoms with Crippen LogP contribution in [0.4, 0.5) is 24.8 Å². The molecule has 0 atom stereocenters. The zero-order chi connectivity index (χ0) is 16.0. The van der Waals surface area contributed by atoms with Gasteiger partial charge in [-0.25, -0.2) is 4.98 Å². The predicted octanol–water partition coefficient (Wildman–Crippen LogP) is 2.33. The topological polar surface area (TPSA) is 66.0 Å². The second-order valence-electron chi connectivity index (χ2n) is 4.93. The number of rotatable bonds is 6. The molecule has 0 saturated heterocycles. The number of anilines is 2. The van der Waals surface area contributed by atoms with Gasteiger partial charge in [-0.1, -0.05) is 13.8 Å². The molecule has 0 fully saturated rings. The maximum Gasteiger partial charge on any atom is 0.416 e. The Morgan fingerprint density at radius 1 is 1.29 bits per heavy atom. The highest BCUT2D eigenvalue weighted by Crippen LogP contribution is 2.31. The van der Waals surface area contributed by atoms with E-state index in [-0.39, 0.29) is 24.1 Å². The van der Waals surface area contributed by atoms with E-state index in [4.69, 9.17) is 0 Å². The number of hydrogen-bond donors (Lipinski definition) is 3. The van der Waals surface area contributed by atoms with Gasteiger partial charge in [-0.15, -0.1) is 0 Å². The zero-order valence-electron chi connectivity index (χ0n) is 12.1. The van der Waals surface area contributed by atoms with Crippen molar-refractivity contribution in [2.75, 3.05) is 30.8 Å². The number of halogens is 3. The highest BCUT2D eigenvalue weighted by molar-refractivity contribution is 5.80. The first-order valence-electron chi connectivity index (χ1n) is 6.50. The lowest BCUT2D eigenvalue weighted by Gasteiger charge is -2.13. The van der Waals surface area contributed by atoms with Gasteiger partial charge in [-0.05, 0) is 18.1 Å². The molecule has 3 N–H and O–H groups in total. The molecule has 1 rings (SSSR count). The average molecular weight is 304 g/mol. The minimum Gasteiger partial charge on any atom is -0.373 e. The Kier molecular flexibility index (Phi) is 5.80. The van der Waals surface area contributed by atoms with Crippen LogP contribution >= 0.6 is 0 Å². The molecule has 1 aromatic rings. The largest absolute Gasteiger partial charge is 0.416 e. The lowest BCUT2D eigenvalue weighted by molar-refractivity contribution is -0.137. The maximum absolute atomic E-state index is 12.7. The van der Waals surface area contributed by atoms with Gasteiger partial charge in [0.05, 0.1) is 12.1 Å². The number of nitrogens with zero attached hydrogens (tertiary/aromatic N) is 1. The number of alkyl halides is 3. The lowest BCUT2D eigenvalue weighted by Crippen LogP contribution is -2.32. The van der Waals surface area contributed by atoms with Gasteiger partial charge in [-0.2, -0.15) is 13.2 Å². The summed E-state index contributed by atoms with van der Waals surface area (Å²) in [5.41, 5.74) is -0.827. The molecule has 0 aliphatic rings. The van der Waals surface area contributed by atoms with Gasteiger partial charge in [-0.3, -0.25) is 4.79 Å². The van der Waals surface area contributed by atoms with Crippen LogP contribution in [0.25, 0.3) is 0 Å². The molecule has 8 heteroatoms. The number of carbonyl (C=O) groups excluding carboxylic acids is 1. The Hall–Kier alpha value is -1.99. The van der Waals surface area contributed by atoms with Crippen molar-refractivity contribution in [3.8, 4) is 0 Å². The van der Waals surface area contributed by atoms with E-state index >= 15 is 0 Å². The molecule has 5 nitrogen and oxygen atoms in total. The molecule has 1 aromatic heterocycles. The Bertz CT molecular complexity index is 489. The quantitative estimate of drug-likeness (QED) is 0.754. The molecule has 0 bridgehead atoms. The monoisotopic (exact) mass is 304 g/mol. The highest BCUT2D eigenvalue weighted by Gasteiger charge is 2.31. The van der Waals surface area contributed by atoms with Gasteiger partial charge in [0.1, 0.15) is 11.6 Å². The summed E-state index contributed by atoms with van der Waals surface area (Å²) in [7, 11) is 1.47. The van der Waals surface area contributed by atoms with Crippen molar-refractivity contribution in [1.29, 1.82) is 0 Å². The van der Waals surface area contributed by atoms with E-state index < -0.39 is 11.7 Å². The third-order valence-electron chi connectivity index (χ3n) is 2.55. The fourth-order valence-corrected chi connectivity index (χ4v) is 1.46. The predicted molar refractivity (Wildman–Crippen MR) is 75.1 cm³/mol. The van der Waals surface area contributed by atoms with Crippen LogP contribution in [0.3, 0.4) is 0 Å². The van der Waals surface area contributed by atoms with E-state index in [1.54, 1.807) is 0 Å². The molecule has 0 spiro atoms. The summed E-state index contributed by atoms with van der Waals surface area (Å²) < 4.78 is 38.2. The lowest BCUT2D eigenvalue weighted by atomic mass is 10.2. The third-order valence-corrected chi connectivity index (χ3v) is 2.55. The van der Waals surface area contributed by atoms with Crippen LogP contribution in [0.5, 0.6) is 0 Å². The van der Waals surface area contributed by atoms with Crippen LogP contribution < -0.4 is 16.0 Å². The number of amides is 1. The van der Waals surface area contributed by atoms with Crippen molar-refractivity contribution < 1.29 is 18.0 Å². The van der Waals surface area contributed by atoms with E-state index in [0.29, 0.717) is 12.5 Å². The van der Waals surface area contributed by atoms with Gasteiger partial charge >= 0.3 is 6.18 Å². The second kappa shape index (κ2) is 7.14. The van der Waals surface area contributed by atoms with Crippen molar-refractivity contribution in [3.05, 3.63) is 17.7 Å². The summed E-state index contributed by atoms with van der Waals surface area (Å²) >= 11 is 0. The molecule has 0 unspecified atom stereocenters. The maximum atomic E-state index is 12.7. The van der Waals surface area contributed by atoms with Gasteiger partial charge in [0, 0.05) is 13.6 Å². The van der Waals surface area contributed by atoms with Crippen LogP contribution in [0.15, 0.2) is 12.1 Å². The van der Waals surface area contributed by atoms with Crippen LogP contribution in [0.1, 0.15) is 19.4 Å². The Labute approximate surface area is 121 Å². The molecule has 1 amide bonds. The Morgan fingerprint density at radius 3 is 2.43 bits per heavy atom. The van der Waals surface area contributed by atoms with Crippen molar-refractivity contribution in [3.63, 3.8) is 0 Å². The van der Waals surface area contributed by atoms with Crippen molar-refractivity contribution in [2.45, 2.75) is 20.0 Å². The van der Waals surface area contributed by atoms with E-state index in [1.807, 2.05) is 13.8 Å². The van der Waals surface area contributed by atoms with Crippen LogP contribution in [-0.2, 0) is 11.0 Å². The summed E-state index contributed by atoms with van der Waals surface area (Å²) in [6.07, 6.45) is -4.47. The van der Waals surface area contributed by atoms with Gasteiger partial charge in [0.25, 0.3) is 0 Å². The third kappa shape index (κ3) is 5.88. The summed E-state index contributed by atoms with van der Waals surface area (Å²) in [5.74, 6) is 0.0780. The number of pyridine rings is 1. The average Bonchev–Trinajstić information content (AvgIpc) is 2.41. The van der Waals surface area contributed by atoms with E-state index in [2.05, 4.69) is 20.9 Å². The Balaban J connectivity index is 2.72. The fraction of sp³-hybridized carbons (Fsp3) is 0.538. The molecule has 0 radical (unpaired) electrons. The Morgan fingerprint density at radius 2 is 1.90 bits per heavy atom. The molecule has 118 valence electrons. The number of nitrogens with one attached hydrogen (secondary N) is 3. The number of hydrogen-bond acceptors (Lipinski definition) is 4. The minimum absolute atomic E-state index is 0.00567. The molecule has 21 heavy (non-hydrogen) atoms. The molecule has 0 aliphatic heterocycles. The number of aromatic nitrogens is 1. The molecular weight excluding hydrogens is 285 g/mol. The van der Waals surface area contributed by atoms with E-state index in [9.17, 15) is 18.0 Å². The van der Waals surface area contributed by atoms with Crippen molar-refractivity contribution in [2.24, 2.45) is 5.92 Å². The molecule has 0 aromatic carbocycles. The first-order valence-corrected chi connectivity index (χ1v) is 6.50. The summed E-state index contributed by atoms with van der Waals surface area (Å²) in [5, 5.41) is 7.81. The summed E-state index contributed by atoms with van der Waals surface area (Å²) in [6, 6.07) is 1.78. The highest BCUT2D eigenvalue weighted by atomic mass is 19.4. The first kappa shape index (κ1) is 17.1. The first-order chi connectivity index (χ1) is 9.72. The number of carbonyl (C=O) groups is 1. The van der Waals surface area contributed by atoms with Crippen LogP contribution in [0, 0.1) is 5.92 Å². The fourth-order valence-electron chi connectivity index (χ4n) is 1.46. The van der Waals surface area contributed by atoms with Gasteiger partial charge in [0.2, 0.25) is 5.91 Å². The van der Waals surface area contributed by atoms with Crippen molar-refractivity contribution in [1.82, 2.24) is 10.3 Å².